The fraction of sp³-hybridized carbons (Fsp3) is 0.135. The Morgan fingerprint density at radius 2 is 1.22 bits per heavy atom. The Balaban J connectivity index is 1.28. The summed E-state index contributed by atoms with van der Waals surface area (Å²) in [5.41, 5.74) is 5.03. The third-order valence-corrected chi connectivity index (χ3v) is 6.82. The molecule has 0 spiro atoms. The summed E-state index contributed by atoms with van der Waals surface area (Å²) in [5, 5.41) is 0. The average Bonchev–Trinajstić information content (AvgIpc) is 3.10. The molecule has 0 unspecified atom stereocenters. The minimum Gasteiger partial charge on any atom is -0.489 e. The lowest BCUT2D eigenvalue weighted by Crippen LogP contribution is -2.10. The highest BCUT2D eigenvalue weighted by Gasteiger charge is 2.14. The van der Waals surface area contributed by atoms with Crippen molar-refractivity contribution in [2.24, 2.45) is 0 Å². The van der Waals surface area contributed by atoms with Crippen LogP contribution in [0.5, 0.6) is 5.75 Å². The summed E-state index contributed by atoms with van der Waals surface area (Å²) in [5.74, 6) is -0.685. The zero-order chi connectivity index (χ0) is 31.4. The number of aromatic nitrogens is 1. The lowest BCUT2D eigenvalue weighted by atomic mass is 10.0. The molecule has 0 atom stereocenters. The van der Waals surface area contributed by atoms with Gasteiger partial charge < -0.3 is 18.9 Å². The van der Waals surface area contributed by atoms with Crippen molar-refractivity contribution in [3.8, 4) is 17.0 Å². The predicted molar refractivity (Wildman–Crippen MR) is 168 cm³/mol. The molecule has 1 heterocycles. The van der Waals surface area contributed by atoms with Gasteiger partial charge in [0, 0.05) is 11.8 Å². The summed E-state index contributed by atoms with van der Waals surface area (Å²) in [6.45, 7) is 2.29. The maximum Gasteiger partial charge on any atom is 0.339 e. The fourth-order valence-electron chi connectivity index (χ4n) is 4.46. The van der Waals surface area contributed by atoms with Gasteiger partial charge in [0.25, 0.3) is 0 Å². The van der Waals surface area contributed by atoms with E-state index in [1.165, 1.54) is 6.20 Å². The first kappa shape index (κ1) is 30.7. The molecule has 0 N–H and O–H groups in total. The van der Waals surface area contributed by atoms with Crippen molar-refractivity contribution in [2.75, 3.05) is 6.61 Å². The topological polar surface area (TPSA) is 101 Å². The van der Waals surface area contributed by atoms with Crippen LogP contribution >= 0.6 is 0 Å². The van der Waals surface area contributed by atoms with Gasteiger partial charge >= 0.3 is 17.9 Å². The maximum atomic E-state index is 12.6. The van der Waals surface area contributed by atoms with E-state index in [0.29, 0.717) is 45.9 Å². The third kappa shape index (κ3) is 8.42. The van der Waals surface area contributed by atoms with Crippen LogP contribution in [-0.2, 0) is 34.0 Å². The lowest BCUT2D eigenvalue weighted by molar-refractivity contribution is 0.0435. The Bertz CT molecular complexity index is 1750. The predicted octanol–water partition coefficient (Wildman–Crippen LogP) is 7.22. The standard InChI is InChI=1S/C37H31NO7/c1-2-42-37(41)30-18-19-34(38-22-30)29-14-9-15-33(21-29)43-23-26-16-17-31(24-44-35(39)27-10-5-3-6-11-27)32(20-26)25-45-36(40)28-12-7-4-8-13-28/h3-22H,2,23-25H2,1H3. The molecule has 226 valence electrons. The van der Waals surface area contributed by atoms with E-state index in [1.807, 2.05) is 54.6 Å². The first-order valence-corrected chi connectivity index (χ1v) is 14.4. The van der Waals surface area contributed by atoms with Crippen molar-refractivity contribution >= 4 is 17.9 Å². The number of esters is 3. The van der Waals surface area contributed by atoms with E-state index in [0.717, 1.165) is 11.1 Å². The number of rotatable bonds is 12. The lowest BCUT2D eigenvalue weighted by Gasteiger charge is -2.14. The van der Waals surface area contributed by atoms with Crippen LogP contribution in [0.1, 0.15) is 54.7 Å². The number of pyridine rings is 1. The van der Waals surface area contributed by atoms with Crippen LogP contribution in [0.15, 0.2) is 121 Å². The highest BCUT2D eigenvalue weighted by Crippen LogP contribution is 2.24. The van der Waals surface area contributed by atoms with Crippen LogP contribution < -0.4 is 4.74 Å². The molecule has 8 nitrogen and oxygen atoms in total. The Morgan fingerprint density at radius 1 is 0.578 bits per heavy atom. The molecular weight excluding hydrogens is 570 g/mol. The van der Waals surface area contributed by atoms with E-state index in [2.05, 4.69) is 4.98 Å². The van der Waals surface area contributed by atoms with Crippen molar-refractivity contribution in [3.05, 3.63) is 155 Å². The SMILES string of the molecule is CCOC(=O)c1ccc(-c2cccc(OCc3ccc(COC(=O)c4ccccc4)c(COC(=O)c4ccccc4)c3)c2)nc1. The number of carbonyl (C=O) groups excluding carboxylic acids is 3. The van der Waals surface area contributed by atoms with Gasteiger partial charge in [-0.3, -0.25) is 4.98 Å². The van der Waals surface area contributed by atoms with E-state index in [-0.39, 0.29) is 19.8 Å². The van der Waals surface area contributed by atoms with Crippen LogP contribution in [0.25, 0.3) is 11.3 Å². The number of benzene rings is 4. The third-order valence-electron chi connectivity index (χ3n) is 6.82. The van der Waals surface area contributed by atoms with Gasteiger partial charge in [-0.25, -0.2) is 14.4 Å². The zero-order valence-electron chi connectivity index (χ0n) is 24.7. The molecule has 4 aromatic carbocycles. The molecule has 0 radical (unpaired) electrons. The molecule has 1 aromatic heterocycles. The van der Waals surface area contributed by atoms with Crippen molar-refractivity contribution < 1.29 is 33.3 Å². The number of hydrogen-bond acceptors (Lipinski definition) is 8. The Hall–Kier alpha value is -5.76. The van der Waals surface area contributed by atoms with Crippen molar-refractivity contribution in [3.63, 3.8) is 0 Å². The molecule has 0 aliphatic carbocycles. The molecule has 0 aliphatic heterocycles. The molecule has 0 amide bonds. The first-order chi connectivity index (χ1) is 22.0. The van der Waals surface area contributed by atoms with Gasteiger partial charge in [-0.2, -0.15) is 0 Å². The Kier molecular flexibility index (Phi) is 10.3. The van der Waals surface area contributed by atoms with Crippen LogP contribution in [0.2, 0.25) is 0 Å². The number of hydrogen-bond donors (Lipinski definition) is 0. The van der Waals surface area contributed by atoms with E-state index >= 15 is 0 Å². The van der Waals surface area contributed by atoms with Gasteiger partial charge in [0.05, 0.1) is 29.0 Å². The monoisotopic (exact) mass is 601 g/mol. The van der Waals surface area contributed by atoms with Crippen molar-refractivity contribution in [2.45, 2.75) is 26.7 Å². The molecule has 0 aliphatic rings. The average molecular weight is 602 g/mol. The summed E-state index contributed by atoms with van der Waals surface area (Å²) < 4.78 is 22.3. The van der Waals surface area contributed by atoms with Gasteiger partial charge in [-0.05, 0) is 78.2 Å². The van der Waals surface area contributed by atoms with Gasteiger partial charge in [-0.1, -0.05) is 60.7 Å². The number of ether oxygens (including phenoxy) is 4. The highest BCUT2D eigenvalue weighted by molar-refractivity contribution is 5.90. The van der Waals surface area contributed by atoms with Gasteiger partial charge in [0.1, 0.15) is 25.6 Å². The molecule has 5 rings (SSSR count). The summed E-state index contributed by atoms with van der Waals surface area (Å²) in [4.78, 5) is 41.6. The Morgan fingerprint density at radius 3 is 1.84 bits per heavy atom. The molecule has 0 saturated heterocycles. The smallest absolute Gasteiger partial charge is 0.339 e. The van der Waals surface area contributed by atoms with E-state index < -0.39 is 17.9 Å². The van der Waals surface area contributed by atoms with Gasteiger partial charge in [0.2, 0.25) is 0 Å². The van der Waals surface area contributed by atoms with Crippen LogP contribution in [0, 0.1) is 0 Å². The normalized spacial score (nSPS) is 10.5. The second-order valence-corrected chi connectivity index (χ2v) is 9.96. The minimum absolute atomic E-state index is 0.0110. The molecule has 0 bridgehead atoms. The Labute approximate surface area is 261 Å². The highest BCUT2D eigenvalue weighted by atomic mass is 16.5. The molecule has 5 aromatic rings. The van der Waals surface area contributed by atoms with Crippen molar-refractivity contribution in [1.29, 1.82) is 0 Å². The second-order valence-electron chi connectivity index (χ2n) is 9.96. The van der Waals surface area contributed by atoms with Gasteiger partial charge in [-0.15, -0.1) is 0 Å². The molecule has 8 heteroatoms. The largest absolute Gasteiger partial charge is 0.489 e. The summed E-state index contributed by atoms with van der Waals surface area (Å²) >= 11 is 0. The first-order valence-electron chi connectivity index (χ1n) is 14.4. The molecule has 45 heavy (non-hydrogen) atoms. The van der Waals surface area contributed by atoms with E-state index in [1.54, 1.807) is 67.6 Å². The summed E-state index contributed by atoms with van der Waals surface area (Å²) in [6, 6.07) is 34.0. The summed E-state index contributed by atoms with van der Waals surface area (Å²) in [6.07, 6.45) is 1.49. The van der Waals surface area contributed by atoms with Gasteiger partial charge in [0.15, 0.2) is 0 Å². The molecule has 0 saturated carbocycles. The van der Waals surface area contributed by atoms with E-state index in [9.17, 15) is 14.4 Å². The number of carbonyl (C=O) groups is 3. The quantitative estimate of drug-likeness (QED) is 0.109. The van der Waals surface area contributed by atoms with Crippen molar-refractivity contribution in [1.82, 2.24) is 4.98 Å². The minimum atomic E-state index is -0.454. The molecular formula is C37H31NO7. The maximum absolute atomic E-state index is 12.6. The fourth-order valence-corrected chi connectivity index (χ4v) is 4.46. The van der Waals surface area contributed by atoms with Crippen LogP contribution in [0.3, 0.4) is 0 Å². The van der Waals surface area contributed by atoms with Crippen LogP contribution in [-0.4, -0.2) is 29.5 Å². The van der Waals surface area contributed by atoms with E-state index in [4.69, 9.17) is 18.9 Å². The zero-order valence-corrected chi connectivity index (χ0v) is 24.7. The summed E-state index contributed by atoms with van der Waals surface area (Å²) in [7, 11) is 0. The van der Waals surface area contributed by atoms with Crippen LogP contribution in [0.4, 0.5) is 0 Å². The second kappa shape index (κ2) is 15.1. The molecule has 0 fully saturated rings. The number of nitrogens with zero attached hydrogens (tertiary/aromatic N) is 1.